The lowest BCUT2D eigenvalue weighted by Gasteiger charge is -2.38. The SMILES string of the molecule is CCCCC1(c2ccc3c(F)c(-c4cc(F)c(C#N)c(F)c4)ccc3c2)CCCCC1. The van der Waals surface area contributed by atoms with Crippen LogP contribution in [0.15, 0.2) is 42.5 Å². The maximum absolute atomic E-state index is 15.4. The zero-order valence-electron chi connectivity index (χ0n) is 17.8. The Morgan fingerprint density at radius 1 is 0.935 bits per heavy atom. The van der Waals surface area contributed by atoms with E-state index in [1.165, 1.54) is 50.2 Å². The van der Waals surface area contributed by atoms with Crippen molar-refractivity contribution in [1.29, 1.82) is 5.26 Å². The molecule has 0 saturated heterocycles. The van der Waals surface area contributed by atoms with E-state index in [0.29, 0.717) is 5.39 Å². The van der Waals surface area contributed by atoms with Gasteiger partial charge in [0.25, 0.3) is 0 Å². The van der Waals surface area contributed by atoms with Gasteiger partial charge in [0, 0.05) is 10.9 Å². The molecule has 160 valence electrons. The minimum atomic E-state index is -0.984. The summed E-state index contributed by atoms with van der Waals surface area (Å²) >= 11 is 0. The number of nitrogens with zero attached hydrogens (tertiary/aromatic N) is 1. The standard InChI is InChI=1S/C27H26F3N/c1-2-3-11-27(12-5-4-6-13-27)20-8-10-21-18(14-20)7-9-22(26(21)30)19-15-24(28)23(17-31)25(29)16-19/h7-10,14-16H,2-6,11-13H2,1H3. The zero-order chi connectivity index (χ0) is 22.0. The fourth-order valence-corrected chi connectivity index (χ4v) is 5.11. The van der Waals surface area contributed by atoms with E-state index in [1.807, 2.05) is 18.2 Å². The van der Waals surface area contributed by atoms with Crippen LogP contribution in [0.5, 0.6) is 0 Å². The van der Waals surface area contributed by atoms with Crippen LogP contribution >= 0.6 is 0 Å². The zero-order valence-corrected chi connectivity index (χ0v) is 17.8. The Kier molecular flexibility index (Phi) is 6.05. The topological polar surface area (TPSA) is 23.8 Å². The van der Waals surface area contributed by atoms with Crippen LogP contribution < -0.4 is 0 Å². The normalized spacial score (nSPS) is 15.7. The summed E-state index contributed by atoms with van der Waals surface area (Å²) in [7, 11) is 0. The number of hydrogen-bond donors (Lipinski definition) is 0. The van der Waals surface area contributed by atoms with Gasteiger partial charge in [0.1, 0.15) is 29.1 Å². The summed E-state index contributed by atoms with van der Waals surface area (Å²) in [6.07, 6.45) is 9.56. The second kappa shape index (κ2) is 8.75. The Bertz CT molecular complexity index is 1130. The molecule has 1 saturated carbocycles. The van der Waals surface area contributed by atoms with Gasteiger partial charge in [-0.15, -0.1) is 0 Å². The van der Waals surface area contributed by atoms with E-state index in [1.54, 1.807) is 6.07 Å². The third-order valence-electron chi connectivity index (χ3n) is 6.85. The number of rotatable bonds is 5. The molecular weight excluding hydrogens is 395 g/mol. The molecule has 0 spiro atoms. The number of hydrogen-bond acceptors (Lipinski definition) is 1. The molecule has 31 heavy (non-hydrogen) atoms. The van der Waals surface area contributed by atoms with Crippen LogP contribution in [0.4, 0.5) is 13.2 Å². The molecule has 0 heterocycles. The van der Waals surface area contributed by atoms with Crippen LogP contribution in [0.25, 0.3) is 21.9 Å². The Morgan fingerprint density at radius 3 is 2.29 bits per heavy atom. The van der Waals surface area contributed by atoms with Crippen LogP contribution in [0.2, 0.25) is 0 Å². The van der Waals surface area contributed by atoms with Gasteiger partial charge in [-0.05, 0) is 53.3 Å². The van der Waals surface area contributed by atoms with Crippen molar-refractivity contribution < 1.29 is 13.2 Å². The second-order valence-electron chi connectivity index (χ2n) is 8.73. The number of fused-ring (bicyclic) bond motifs is 1. The van der Waals surface area contributed by atoms with E-state index < -0.39 is 23.0 Å². The highest BCUT2D eigenvalue weighted by molar-refractivity contribution is 5.89. The molecule has 3 aromatic rings. The molecule has 0 bridgehead atoms. The predicted octanol–water partition coefficient (Wildman–Crippen LogP) is 8.19. The molecule has 1 fully saturated rings. The minimum absolute atomic E-state index is 0.0872. The van der Waals surface area contributed by atoms with Gasteiger partial charge < -0.3 is 0 Å². The van der Waals surface area contributed by atoms with Crippen molar-refractivity contribution in [1.82, 2.24) is 0 Å². The van der Waals surface area contributed by atoms with Crippen molar-refractivity contribution >= 4 is 10.8 Å². The van der Waals surface area contributed by atoms with Crippen molar-refractivity contribution in [3.8, 4) is 17.2 Å². The molecule has 0 aliphatic heterocycles. The first-order valence-corrected chi connectivity index (χ1v) is 11.1. The van der Waals surface area contributed by atoms with Crippen molar-refractivity contribution in [3.05, 3.63) is 71.0 Å². The number of halogens is 3. The number of nitriles is 1. The highest BCUT2D eigenvalue weighted by Gasteiger charge is 2.33. The quantitative estimate of drug-likeness (QED) is 0.407. The highest BCUT2D eigenvalue weighted by Crippen LogP contribution is 2.44. The molecule has 4 heteroatoms. The summed E-state index contributed by atoms with van der Waals surface area (Å²) in [4.78, 5) is 0. The van der Waals surface area contributed by atoms with Crippen molar-refractivity contribution in [2.45, 2.75) is 63.7 Å². The molecule has 0 aromatic heterocycles. The lowest BCUT2D eigenvalue weighted by atomic mass is 9.66. The van der Waals surface area contributed by atoms with Gasteiger partial charge in [0.05, 0.1) is 0 Å². The molecule has 0 unspecified atom stereocenters. The first-order valence-electron chi connectivity index (χ1n) is 11.1. The van der Waals surface area contributed by atoms with Crippen LogP contribution in [-0.4, -0.2) is 0 Å². The highest BCUT2D eigenvalue weighted by atomic mass is 19.1. The van der Waals surface area contributed by atoms with Crippen LogP contribution in [0.1, 0.15) is 69.4 Å². The molecular formula is C27H26F3N. The van der Waals surface area contributed by atoms with E-state index in [-0.39, 0.29) is 16.5 Å². The molecule has 4 rings (SSSR count). The molecule has 1 aliphatic rings. The number of unbranched alkanes of at least 4 members (excludes halogenated alkanes) is 1. The summed E-state index contributed by atoms with van der Waals surface area (Å²) in [6, 6.07) is 12.9. The summed E-state index contributed by atoms with van der Waals surface area (Å²) in [5.74, 6) is -2.47. The van der Waals surface area contributed by atoms with Gasteiger partial charge >= 0.3 is 0 Å². The van der Waals surface area contributed by atoms with Crippen molar-refractivity contribution in [2.75, 3.05) is 0 Å². The monoisotopic (exact) mass is 421 g/mol. The Hall–Kier alpha value is -2.80. The average Bonchev–Trinajstić information content (AvgIpc) is 2.78. The molecule has 1 nitrogen and oxygen atoms in total. The van der Waals surface area contributed by atoms with Gasteiger partial charge in [-0.2, -0.15) is 5.26 Å². The fourth-order valence-electron chi connectivity index (χ4n) is 5.11. The minimum Gasteiger partial charge on any atom is -0.206 e. The summed E-state index contributed by atoms with van der Waals surface area (Å²) in [6.45, 7) is 2.21. The average molecular weight is 422 g/mol. The maximum atomic E-state index is 15.4. The summed E-state index contributed by atoms with van der Waals surface area (Å²) in [5.41, 5.74) is 0.997. The third kappa shape index (κ3) is 3.94. The first-order chi connectivity index (χ1) is 15.0. The van der Waals surface area contributed by atoms with Gasteiger partial charge in [-0.1, -0.05) is 69.4 Å². The molecule has 0 radical (unpaired) electrons. The van der Waals surface area contributed by atoms with E-state index in [4.69, 9.17) is 5.26 Å². The Morgan fingerprint density at radius 2 is 1.65 bits per heavy atom. The lowest BCUT2D eigenvalue weighted by Crippen LogP contribution is -2.29. The molecule has 1 aliphatic carbocycles. The number of benzene rings is 3. The third-order valence-corrected chi connectivity index (χ3v) is 6.85. The molecule has 3 aromatic carbocycles. The molecule has 0 amide bonds. The van der Waals surface area contributed by atoms with Gasteiger partial charge in [0.2, 0.25) is 0 Å². The fraction of sp³-hybridized carbons (Fsp3) is 0.370. The Balaban J connectivity index is 1.78. The van der Waals surface area contributed by atoms with Crippen LogP contribution in [-0.2, 0) is 5.41 Å². The van der Waals surface area contributed by atoms with E-state index >= 15 is 4.39 Å². The van der Waals surface area contributed by atoms with Gasteiger partial charge in [-0.25, -0.2) is 13.2 Å². The largest absolute Gasteiger partial charge is 0.206 e. The molecule has 0 N–H and O–H groups in total. The molecule has 0 atom stereocenters. The maximum Gasteiger partial charge on any atom is 0.144 e. The van der Waals surface area contributed by atoms with Crippen LogP contribution in [0, 0.1) is 28.8 Å². The van der Waals surface area contributed by atoms with E-state index in [0.717, 1.165) is 30.4 Å². The van der Waals surface area contributed by atoms with Crippen molar-refractivity contribution in [2.24, 2.45) is 0 Å². The first kappa shape index (κ1) is 21.4. The smallest absolute Gasteiger partial charge is 0.144 e. The summed E-state index contributed by atoms with van der Waals surface area (Å²) in [5, 5.41) is 10.1. The predicted molar refractivity (Wildman–Crippen MR) is 118 cm³/mol. The van der Waals surface area contributed by atoms with Crippen molar-refractivity contribution in [3.63, 3.8) is 0 Å². The van der Waals surface area contributed by atoms with Gasteiger partial charge in [-0.3, -0.25) is 0 Å². The van der Waals surface area contributed by atoms with Gasteiger partial charge in [0.15, 0.2) is 0 Å². The van der Waals surface area contributed by atoms with Crippen LogP contribution in [0.3, 0.4) is 0 Å². The summed E-state index contributed by atoms with van der Waals surface area (Å²) < 4.78 is 43.5. The Labute approximate surface area is 181 Å². The second-order valence-corrected chi connectivity index (χ2v) is 8.73. The lowest BCUT2D eigenvalue weighted by molar-refractivity contribution is 0.268. The van der Waals surface area contributed by atoms with E-state index in [9.17, 15) is 8.78 Å². The van der Waals surface area contributed by atoms with E-state index in [2.05, 4.69) is 13.0 Å².